The molecule has 0 aliphatic heterocycles. The fourth-order valence-corrected chi connectivity index (χ4v) is 8.19. The second-order valence-corrected chi connectivity index (χ2v) is 16.1. The van der Waals surface area contributed by atoms with Crippen LogP contribution in [0.1, 0.15) is 72.0 Å². The summed E-state index contributed by atoms with van der Waals surface area (Å²) >= 11 is 6.53. The summed E-state index contributed by atoms with van der Waals surface area (Å²) in [6, 6.07) is 5.61. The maximum Gasteiger partial charge on any atom is 0.435 e. The number of fused-ring (bicyclic) bond motifs is 4. The van der Waals surface area contributed by atoms with Crippen molar-refractivity contribution in [2.45, 2.75) is 62.3 Å². The van der Waals surface area contributed by atoms with Gasteiger partial charge in [-0.2, -0.15) is 40.6 Å². The van der Waals surface area contributed by atoms with Crippen LogP contribution in [0.2, 0.25) is 5.02 Å². The molecule has 3 heterocycles. The lowest BCUT2D eigenvalue weighted by Crippen LogP contribution is -2.37. The summed E-state index contributed by atoms with van der Waals surface area (Å²) in [6.07, 6.45) is -6.14. The number of amides is 1. The first kappa shape index (κ1) is 40.0. The number of rotatable bonds is 9. The van der Waals surface area contributed by atoms with E-state index in [4.69, 9.17) is 22.5 Å². The van der Waals surface area contributed by atoms with E-state index in [1.807, 2.05) is 0 Å². The van der Waals surface area contributed by atoms with E-state index < -0.39 is 92.6 Å². The summed E-state index contributed by atoms with van der Waals surface area (Å²) in [5.74, 6) is -7.01. The number of nitrogens with two attached hydrogens (primary N) is 2. The zero-order valence-corrected chi connectivity index (χ0v) is 31.3. The summed E-state index contributed by atoms with van der Waals surface area (Å²) in [5, 5.41) is 23.3. The number of nitrogens with zero attached hydrogens (tertiary/aromatic N) is 5. The molecule has 0 bridgehead atoms. The Labute approximate surface area is 324 Å². The molecule has 5 aromatic rings. The molecule has 1 amide bonds. The number of primary amides is 1. The Hall–Kier alpha value is -5.23. The highest BCUT2D eigenvalue weighted by Gasteiger charge is 2.69. The van der Waals surface area contributed by atoms with Crippen molar-refractivity contribution in [3.63, 3.8) is 0 Å². The Morgan fingerprint density at radius 1 is 1.11 bits per heavy atom. The summed E-state index contributed by atoms with van der Waals surface area (Å²) in [6.45, 7) is 2.72. The van der Waals surface area contributed by atoms with Gasteiger partial charge in [0.05, 0.1) is 21.6 Å². The highest BCUT2D eigenvalue weighted by atomic mass is 35.5. The third-order valence-corrected chi connectivity index (χ3v) is 10.5. The van der Waals surface area contributed by atoms with Crippen molar-refractivity contribution >= 4 is 44.4 Å². The lowest BCUT2D eigenvalue weighted by Gasteiger charge is -2.29. The molecule has 21 heteroatoms. The number of carbonyl (C=O) groups excluding carboxylic acids is 1. The molecular weight excluding hydrogens is 809 g/mol. The summed E-state index contributed by atoms with van der Waals surface area (Å²) < 4.78 is 133. The van der Waals surface area contributed by atoms with E-state index in [-0.39, 0.29) is 60.9 Å². The minimum absolute atomic E-state index is 0.0105. The van der Waals surface area contributed by atoms with Crippen molar-refractivity contribution in [2.24, 2.45) is 23.8 Å². The van der Waals surface area contributed by atoms with Crippen LogP contribution in [0.15, 0.2) is 42.5 Å². The maximum absolute atomic E-state index is 16.0. The van der Waals surface area contributed by atoms with Crippen LogP contribution in [0.3, 0.4) is 0 Å². The van der Waals surface area contributed by atoms with Crippen LogP contribution < -0.4 is 15.6 Å². The second-order valence-electron chi connectivity index (χ2n) is 14.4. The first-order chi connectivity index (χ1) is 26.4. The number of halogens is 8. The van der Waals surface area contributed by atoms with Crippen LogP contribution in [0.5, 0.6) is 0 Å². The molecule has 1 unspecified atom stereocenters. The zero-order valence-electron chi connectivity index (χ0n) is 29.8. The normalized spacial score (nSPS) is 18.4. The molecule has 2 aliphatic rings. The maximum atomic E-state index is 16.0. The smallest absolute Gasteiger partial charge is 0.378 e. The number of benzene rings is 2. The highest BCUT2D eigenvalue weighted by Crippen LogP contribution is 2.69. The minimum atomic E-state index is -5.24. The molecule has 300 valence electrons. The van der Waals surface area contributed by atoms with Gasteiger partial charge in [0.15, 0.2) is 11.5 Å². The molecular formula is C36H30ClF7N8O4S. The van der Waals surface area contributed by atoms with Gasteiger partial charge in [-0.3, -0.25) is 14.2 Å². The van der Waals surface area contributed by atoms with Crippen molar-refractivity contribution in [1.29, 1.82) is 0 Å². The largest absolute Gasteiger partial charge is 0.435 e. The number of hydrogen-bond acceptors (Lipinski definition) is 7. The van der Waals surface area contributed by atoms with Crippen molar-refractivity contribution in [2.75, 3.05) is 4.72 Å². The van der Waals surface area contributed by atoms with Gasteiger partial charge in [-0.1, -0.05) is 23.6 Å². The van der Waals surface area contributed by atoms with Crippen molar-refractivity contribution < 1.29 is 49.1 Å². The fraction of sp³-hybridized carbons (Fsp3) is 0.333. The summed E-state index contributed by atoms with van der Waals surface area (Å²) in [4.78, 5) is 18.4. The number of aromatic nitrogens is 5. The molecule has 7 rings (SSSR count). The van der Waals surface area contributed by atoms with Gasteiger partial charge >= 0.3 is 6.18 Å². The first-order valence-electron chi connectivity index (χ1n) is 16.9. The van der Waals surface area contributed by atoms with Crippen molar-refractivity contribution in [3.05, 3.63) is 93.0 Å². The number of alkyl halides is 5. The van der Waals surface area contributed by atoms with Gasteiger partial charge in [-0.05, 0) is 74.4 Å². The van der Waals surface area contributed by atoms with Crippen LogP contribution in [-0.2, 0) is 40.6 Å². The number of hydrogen-bond donors (Lipinski definition) is 4. The van der Waals surface area contributed by atoms with E-state index >= 15 is 8.78 Å². The zero-order chi connectivity index (χ0) is 41.7. The Kier molecular flexibility index (Phi) is 9.42. The fourth-order valence-electron chi connectivity index (χ4n) is 7.53. The number of anilines is 1. The molecule has 12 nitrogen and oxygen atoms in total. The lowest BCUT2D eigenvalue weighted by atomic mass is 9.84. The number of nitrogens with one attached hydrogen (secondary N) is 1. The topological polar surface area (TPSA) is 184 Å². The van der Waals surface area contributed by atoms with Gasteiger partial charge < -0.3 is 10.8 Å². The molecule has 57 heavy (non-hydrogen) atoms. The molecule has 3 aromatic heterocycles. The van der Waals surface area contributed by atoms with Crippen LogP contribution in [0.25, 0.3) is 22.0 Å². The van der Waals surface area contributed by atoms with Gasteiger partial charge in [-0.25, -0.2) is 23.6 Å². The van der Waals surface area contributed by atoms with Crippen LogP contribution in [0, 0.1) is 29.4 Å². The van der Waals surface area contributed by atoms with E-state index in [2.05, 4.69) is 31.7 Å². The average Bonchev–Trinajstić information content (AvgIpc) is 3.59. The lowest BCUT2D eigenvalue weighted by molar-refractivity contribution is -0.142. The Morgan fingerprint density at radius 3 is 2.35 bits per heavy atom. The third kappa shape index (κ3) is 7.40. The highest BCUT2D eigenvalue weighted by molar-refractivity contribution is 7.90. The van der Waals surface area contributed by atoms with Crippen LogP contribution >= 0.6 is 11.6 Å². The summed E-state index contributed by atoms with van der Waals surface area (Å²) in [7, 11) is -3.00. The van der Waals surface area contributed by atoms with Crippen molar-refractivity contribution in [3.8, 4) is 23.0 Å². The monoisotopic (exact) mass is 838 g/mol. The number of carbonyl (C=O) groups is 1. The minimum Gasteiger partial charge on any atom is -0.378 e. The molecule has 1 fully saturated rings. The van der Waals surface area contributed by atoms with Crippen LogP contribution in [-0.4, -0.2) is 49.6 Å². The molecule has 6 N–H and O–H groups in total. The van der Waals surface area contributed by atoms with Crippen LogP contribution in [0.4, 0.5) is 36.6 Å². The predicted octanol–water partition coefficient (Wildman–Crippen LogP) is 5.78. The Bertz CT molecular complexity index is 2660. The van der Waals surface area contributed by atoms with Gasteiger partial charge in [0.25, 0.3) is 16.1 Å². The molecule has 0 spiro atoms. The molecule has 0 saturated heterocycles. The van der Waals surface area contributed by atoms with E-state index in [1.165, 1.54) is 49.8 Å². The quantitative estimate of drug-likeness (QED) is 0.107. The molecule has 2 aliphatic carbocycles. The molecule has 4 atom stereocenters. The van der Waals surface area contributed by atoms with E-state index in [0.29, 0.717) is 6.07 Å². The van der Waals surface area contributed by atoms with E-state index in [1.54, 1.807) is 0 Å². The second kappa shape index (κ2) is 13.4. The van der Waals surface area contributed by atoms with E-state index in [0.717, 1.165) is 12.1 Å². The van der Waals surface area contributed by atoms with Gasteiger partial charge in [-0.15, -0.1) is 0 Å². The number of pyridine rings is 1. The van der Waals surface area contributed by atoms with Gasteiger partial charge in [0.2, 0.25) is 5.91 Å². The number of aryl methyl sites for hydroxylation is 1. The third-order valence-electron chi connectivity index (χ3n) is 9.71. The number of aliphatic hydroxyl groups is 1. The SMILES string of the molecule is Cn1nc(NS(N)(=O)=O)c2c(Cl)ccc(-c3ccc(C#CC(C)(C)O)nc3[C@@H](Cc3cc(F)cc(F)c3)C(C(N)=O)n3nc(C(F)(F)F)c4c3C(F)(F)[C@@H]3C[C@H]43)c21. The standard InChI is InChI=1S/C36H30ClF7N8O4S/c1-34(2,54)9-8-18-4-5-19(20-6-7-24(37)26-28(20)51(3)49-33(26)50-57(46,55)56)27(47-18)22(12-15-10-16(38)13-17(39)11-15)29(32(45)53)52-31-25(30(48-52)36(42,43)44)21-14-23(21)35(31,40)41/h4-7,10-11,13,21-23,29,54H,12,14H2,1-3H3,(H2,45,53)(H,49,50)(H2,46,55,56)/t21-,22+,23+,29?/m0/s1. The molecule has 0 radical (unpaired) electrons. The van der Waals surface area contributed by atoms with Gasteiger partial charge in [0, 0.05) is 41.6 Å². The predicted molar refractivity (Wildman–Crippen MR) is 192 cm³/mol. The van der Waals surface area contributed by atoms with Gasteiger partial charge in [0.1, 0.15) is 34.7 Å². The Morgan fingerprint density at radius 2 is 1.75 bits per heavy atom. The first-order valence-corrected chi connectivity index (χ1v) is 18.8. The Balaban J connectivity index is 1.57. The van der Waals surface area contributed by atoms with E-state index in [9.17, 15) is 40.3 Å². The van der Waals surface area contributed by atoms with Crippen molar-refractivity contribution in [1.82, 2.24) is 24.5 Å². The summed E-state index contributed by atoms with van der Waals surface area (Å²) in [5.41, 5.74) is 0.516. The molecule has 2 aromatic carbocycles. The average molecular weight is 839 g/mol. The molecule has 1 saturated carbocycles.